The van der Waals surface area contributed by atoms with Gasteiger partial charge in [-0.1, -0.05) is 36.4 Å². The first-order valence-corrected chi connectivity index (χ1v) is 8.37. The van der Waals surface area contributed by atoms with E-state index >= 15 is 0 Å². The van der Waals surface area contributed by atoms with Crippen molar-refractivity contribution >= 4 is 0 Å². The van der Waals surface area contributed by atoms with Gasteiger partial charge in [0.1, 0.15) is 11.5 Å². The molecule has 0 unspecified atom stereocenters. The lowest BCUT2D eigenvalue weighted by Crippen LogP contribution is -1.98. The highest BCUT2D eigenvalue weighted by Crippen LogP contribution is 2.43. The minimum absolute atomic E-state index is 0.890. The van der Waals surface area contributed by atoms with E-state index in [0.717, 1.165) is 50.4 Å². The summed E-state index contributed by atoms with van der Waals surface area (Å²) in [6, 6.07) is 20.2. The Bertz CT molecular complexity index is 896. The molecule has 0 amide bonds. The molecule has 2 nitrogen and oxygen atoms in total. The van der Waals surface area contributed by atoms with E-state index in [1.807, 2.05) is 24.3 Å². The Labute approximate surface area is 150 Å². The van der Waals surface area contributed by atoms with Crippen LogP contribution in [-0.2, 0) is 0 Å². The molecule has 25 heavy (non-hydrogen) atoms. The van der Waals surface area contributed by atoms with Gasteiger partial charge in [-0.15, -0.1) is 0 Å². The minimum atomic E-state index is 0.890. The van der Waals surface area contributed by atoms with Crippen molar-refractivity contribution in [2.75, 3.05) is 14.2 Å². The lowest BCUT2D eigenvalue weighted by molar-refractivity contribution is 0.411. The molecule has 3 aromatic carbocycles. The van der Waals surface area contributed by atoms with E-state index in [-0.39, 0.29) is 0 Å². The Morgan fingerprint density at radius 1 is 0.800 bits per heavy atom. The van der Waals surface area contributed by atoms with Gasteiger partial charge in [0, 0.05) is 11.1 Å². The number of hydrogen-bond acceptors (Lipinski definition) is 2. The molecule has 1 radical (unpaired) electrons. The number of methoxy groups -OCH3 is 2. The molecular formula is C23H23O2. The Hall–Kier alpha value is -2.74. The van der Waals surface area contributed by atoms with Gasteiger partial charge < -0.3 is 9.47 Å². The molecule has 0 N–H and O–H groups in total. The van der Waals surface area contributed by atoms with Gasteiger partial charge in [0.15, 0.2) is 0 Å². The van der Waals surface area contributed by atoms with Gasteiger partial charge >= 0.3 is 0 Å². The molecule has 3 rings (SSSR count). The second-order valence-electron chi connectivity index (χ2n) is 6.21. The summed E-state index contributed by atoms with van der Waals surface area (Å²) in [5.41, 5.74) is 7.69. The number of benzene rings is 3. The van der Waals surface area contributed by atoms with E-state index < -0.39 is 0 Å². The average molecular weight is 331 g/mol. The Morgan fingerprint density at radius 2 is 1.52 bits per heavy atom. The fourth-order valence-electron chi connectivity index (χ4n) is 3.20. The second-order valence-corrected chi connectivity index (χ2v) is 6.21. The molecule has 3 aromatic rings. The van der Waals surface area contributed by atoms with Crippen LogP contribution in [0.5, 0.6) is 11.5 Å². The lowest BCUT2D eigenvalue weighted by Gasteiger charge is -2.19. The van der Waals surface area contributed by atoms with E-state index in [1.54, 1.807) is 14.2 Å². The maximum Gasteiger partial charge on any atom is 0.130 e. The Balaban J connectivity index is 2.33. The van der Waals surface area contributed by atoms with E-state index in [9.17, 15) is 0 Å². The fourth-order valence-corrected chi connectivity index (χ4v) is 3.20. The van der Waals surface area contributed by atoms with Crippen molar-refractivity contribution in [2.24, 2.45) is 0 Å². The van der Waals surface area contributed by atoms with Crippen LogP contribution in [0.2, 0.25) is 0 Å². The predicted molar refractivity (Wildman–Crippen MR) is 103 cm³/mol. The van der Waals surface area contributed by atoms with Crippen molar-refractivity contribution in [1.82, 2.24) is 0 Å². The highest BCUT2D eigenvalue weighted by Gasteiger charge is 2.18. The molecule has 2 heteroatoms. The largest absolute Gasteiger partial charge is 0.496 e. The number of aryl methyl sites for hydroxylation is 2. The number of hydrogen-bond donors (Lipinski definition) is 0. The van der Waals surface area contributed by atoms with Crippen molar-refractivity contribution in [3.05, 3.63) is 71.3 Å². The third-order valence-corrected chi connectivity index (χ3v) is 4.64. The van der Waals surface area contributed by atoms with Gasteiger partial charge in [0.05, 0.1) is 14.2 Å². The zero-order chi connectivity index (χ0) is 18.0. The average Bonchev–Trinajstić information content (AvgIpc) is 2.64. The number of rotatable bonds is 4. The van der Waals surface area contributed by atoms with Gasteiger partial charge in [-0.25, -0.2) is 0 Å². The van der Waals surface area contributed by atoms with Crippen LogP contribution in [0, 0.1) is 26.8 Å². The fraction of sp³-hybridized carbons (Fsp3) is 0.217. The van der Waals surface area contributed by atoms with Crippen molar-refractivity contribution in [3.8, 4) is 33.8 Å². The van der Waals surface area contributed by atoms with Crippen LogP contribution < -0.4 is 9.47 Å². The van der Waals surface area contributed by atoms with Crippen molar-refractivity contribution in [2.45, 2.75) is 20.8 Å². The summed E-state index contributed by atoms with van der Waals surface area (Å²) in [5.74, 6) is 1.80. The maximum atomic E-state index is 5.80. The SMILES string of the molecule is COc1ccc(-c2[c]c(C)c(C)c(OC)c2-c2ccccc2)cc1C. The van der Waals surface area contributed by atoms with Crippen LogP contribution >= 0.6 is 0 Å². The Kier molecular flexibility index (Phi) is 4.80. The van der Waals surface area contributed by atoms with Gasteiger partial charge in [0.25, 0.3) is 0 Å². The summed E-state index contributed by atoms with van der Waals surface area (Å²) in [6.07, 6.45) is 0. The first-order valence-electron chi connectivity index (χ1n) is 8.37. The zero-order valence-electron chi connectivity index (χ0n) is 15.4. The maximum absolute atomic E-state index is 5.80. The molecule has 0 aliphatic rings. The third kappa shape index (κ3) is 3.12. The van der Waals surface area contributed by atoms with Crippen molar-refractivity contribution in [1.29, 1.82) is 0 Å². The van der Waals surface area contributed by atoms with Gasteiger partial charge in [-0.2, -0.15) is 0 Å². The minimum Gasteiger partial charge on any atom is -0.496 e. The first-order chi connectivity index (χ1) is 12.1. The van der Waals surface area contributed by atoms with Crippen LogP contribution in [0.4, 0.5) is 0 Å². The third-order valence-electron chi connectivity index (χ3n) is 4.64. The molecule has 127 valence electrons. The zero-order valence-corrected chi connectivity index (χ0v) is 15.4. The van der Waals surface area contributed by atoms with Crippen LogP contribution in [0.15, 0.2) is 48.5 Å². The van der Waals surface area contributed by atoms with Crippen LogP contribution in [0.3, 0.4) is 0 Å². The summed E-state index contributed by atoms with van der Waals surface area (Å²) >= 11 is 0. The summed E-state index contributed by atoms with van der Waals surface area (Å²) in [5, 5.41) is 0. The van der Waals surface area contributed by atoms with Crippen LogP contribution in [-0.4, -0.2) is 14.2 Å². The monoisotopic (exact) mass is 331 g/mol. The van der Waals surface area contributed by atoms with Gasteiger partial charge in [-0.3, -0.25) is 0 Å². The van der Waals surface area contributed by atoms with E-state index in [2.05, 4.69) is 51.1 Å². The second kappa shape index (κ2) is 7.02. The summed E-state index contributed by atoms with van der Waals surface area (Å²) < 4.78 is 11.2. The molecule has 0 heterocycles. The molecular weight excluding hydrogens is 308 g/mol. The molecule has 0 aliphatic carbocycles. The molecule has 0 aliphatic heterocycles. The molecule has 0 saturated carbocycles. The van der Waals surface area contributed by atoms with E-state index in [4.69, 9.17) is 9.47 Å². The van der Waals surface area contributed by atoms with E-state index in [0.29, 0.717) is 0 Å². The summed E-state index contributed by atoms with van der Waals surface area (Å²) in [6.45, 7) is 6.22. The smallest absolute Gasteiger partial charge is 0.130 e. The summed E-state index contributed by atoms with van der Waals surface area (Å²) in [7, 11) is 3.43. The highest BCUT2D eigenvalue weighted by molar-refractivity contribution is 5.89. The van der Waals surface area contributed by atoms with Crippen LogP contribution in [0.1, 0.15) is 16.7 Å². The highest BCUT2D eigenvalue weighted by atomic mass is 16.5. The lowest BCUT2D eigenvalue weighted by atomic mass is 9.89. The molecule has 0 aromatic heterocycles. The topological polar surface area (TPSA) is 18.5 Å². The Morgan fingerprint density at radius 3 is 2.12 bits per heavy atom. The molecule has 0 spiro atoms. The molecule has 0 fully saturated rings. The van der Waals surface area contributed by atoms with Gasteiger partial charge in [-0.05, 0) is 66.8 Å². The molecule has 0 atom stereocenters. The normalized spacial score (nSPS) is 10.6. The van der Waals surface area contributed by atoms with E-state index in [1.165, 1.54) is 0 Å². The molecule has 0 bridgehead atoms. The quantitative estimate of drug-likeness (QED) is 0.605. The van der Waals surface area contributed by atoms with Crippen molar-refractivity contribution in [3.63, 3.8) is 0 Å². The number of ether oxygens (including phenoxy) is 2. The van der Waals surface area contributed by atoms with Crippen LogP contribution in [0.25, 0.3) is 22.3 Å². The molecule has 0 saturated heterocycles. The van der Waals surface area contributed by atoms with Gasteiger partial charge in [0.2, 0.25) is 0 Å². The standard InChI is InChI=1S/C23H23O2/c1-15-14-20(19-11-12-21(24-4)16(2)13-19)22(23(25-5)17(15)3)18-9-7-6-8-10-18/h6-13H,1-5H3. The summed E-state index contributed by atoms with van der Waals surface area (Å²) in [4.78, 5) is 0. The predicted octanol–water partition coefficient (Wildman–Crippen LogP) is 5.76. The van der Waals surface area contributed by atoms with Crippen molar-refractivity contribution < 1.29 is 9.47 Å². The first kappa shape index (κ1) is 17.1.